The summed E-state index contributed by atoms with van der Waals surface area (Å²) in [6, 6.07) is 10.9. The minimum Gasteiger partial charge on any atom is -0.326 e. The Bertz CT molecular complexity index is 1500. The van der Waals surface area contributed by atoms with Crippen molar-refractivity contribution in [2.75, 3.05) is 18.4 Å². The summed E-state index contributed by atoms with van der Waals surface area (Å²) in [7, 11) is -3.78. The predicted octanol–water partition coefficient (Wildman–Crippen LogP) is 3.40. The van der Waals surface area contributed by atoms with E-state index in [4.69, 9.17) is 6.42 Å². The number of sulfonamides is 1. The molecule has 3 aromatic rings. The number of thiazole rings is 1. The number of hydrogen-bond acceptors (Lipinski definition) is 5. The summed E-state index contributed by atoms with van der Waals surface area (Å²) in [6.45, 7) is 9.07. The van der Waals surface area contributed by atoms with Crippen molar-refractivity contribution in [1.82, 2.24) is 8.87 Å². The lowest BCUT2D eigenvalue weighted by Crippen LogP contribution is -2.31. The van der Waals surface area contributed by atoms with Crippen molar-refractivity contribution in [2.45, 2.75) is 18.4 Å². The van der Waals surface area contributed by atoms with Gasteiger partial charge in [0, 0.05) is 31.3 Å². The second-order valence-corrected chi connectivity index (χ2v) is 10.3. The van der Waals surface area contributed by atoms with Crippen LogP contribution >= 0.6 is 11.3 Å². The molecule has 0 saturated heterocycles. The first-order valence-corrected chi connectivity index (χ1v) is 12.7. The standard InChI is InChI=1S/C25H24N4O4S2/c1-5-14-28(15-6-2)35(32,33)21-11-8-19(9-12-21)24(31)27-25-29(16-7-3)22-13-10-20(26-18(4)30)17-23(22)34-25/h3,5-6,8-13,17H,1-2,14-16H2,4H3,(H,26,30). The van der Waals surface area contributed by atoms with Gasteiger partial charge < -0.3 is 9.88 Å². The smallest absolute Gasteiger partial charge is 0.279 e. The molecule has 0 bridgehead atoms. The van der Waals surface area contributed by atoms with E-state index in [0.29, 0.717) is 10.5 Å². The largest absolute Gasteiger partial charge is 0.326 e. The van der Waals surface area contributed by atoms with E-state index in [1.807, 2.05) is 0 Å². The van der Waals surface area contributed by atoms with Crippen LogP contribution in [-0.4, -0.2) is 42.2 Å². The molecule has 0 radical (unpaired) electrons. The van der Waals surface area contributed by atoms with Gasteiger partial charge in [-0.3, -0.25) is 9.59 Å². The highest BCUT2D eigenvalue weighted by Crippen LogP contribution is 2.22. The van der Waals surface area contributed by atoms with Gasteiger partial charge in [-0.1, -0.05) is 29.4 Å². The Labute approximate surface area is 208 Å². The minimum absolute atomic E-state index is 0.0486. The average Bonchev–Trinajstić information content (AvgIpc) is 3.15. The van der Waals surface area contributed by atoms with Crippen LogP contribution < -0.4 is 10.1 Å². The fourth-order valence-corrected chi connectivity index (χ4v) is 5.76. The van der Waals surface area contributed by atoms with Crippen molar-refractivity contribution in [2.24, 2.45) is 4.99 Å². The fraction of sp³-hybridized carbons (Fsp3) is 0.160. The van der Waals surface area contributed by atoms with Crippen molar-refractivity contribution >= 4 is 49.1 Å². The van der Waals surface area contributed by atoms with E-state index in [-0.39, 0.29) is 36.0 Å². The first kappa shape index (κ1) is 25.8. The van der Waals surface area contributed by atoms with E-state index in [9.17, 15) is 18.0 Å². The van der Waals surface area contributed by atoms with Gasteiger partial charge in [-0.05, 0) is 42.5 Å². The van der Waals surface area contributed by atoms with Crippen LogP contribution in [0, 0.1) is 12.3 Å². The molecule has 1 heterocycles. The van der Waals surface area contributed by atoms with Crippen LogP contribution in [-0.2, 0) is 21.4 Å². The van der Waals surface area contributed by atoms with Gasteiger partial charge in [0.15, 0.2) is 4.80 Å². The first-order chi connectivity index (χ1) is 16.7. The molecular weight excluding hydrogens is 484 g/mol. The number of rotatable bonds is 9. The summed E-state index contributed by atoms with van der Waals surface area (Å²) in [5.74, 6) is 1.83. The molecule has 0 spiro atoms. The highest BCUT2D eigenvalue weighted by molar-refractivity contribution is 7.89. The molecule has 0 aliphatic rings. The maximum absolute atomic E-state index is 12.9. The van der Waals surface area contributed by atoms with Crippen LogP contribution in [0.15, 0.2) is 77.7 Å². The third kappa shape index (κ3) is 5.84. The Morgan fingerprint density at radius 3 is 2.40 bits per heavy atom. The van der Waals surface area contributed by atoms with Crippen LogP contribution in [0.2, 0.25) is 0 Å². The molecule has 0 aliphatic carbocycles. The van der Waals surface area contributed by atoms with Gasteiger partial charge in [0.05, 0.1) is 21.7 Å². The molecular formula is C25H24N4O4S2. The summed E-state index contributed by atoms with van der Waals surface area (Å²) < 4.78 is 29.5. The number of amides is 2. The molecule has 180 valence electrons. The molecule has 2 amide bonds. The molecule has 10 heteroatoms. The number of nitrogens with one attached hydrogen (secondary N) is 1. The Morgan fingerprint density at radius 1 is 1.17 bits per heavy atom. The van der Waals surface area contributed by atoms with Crippen LogP contribution in [0.5, 0.6) is 0 Å². The van der Waals surface area contributed by atoms with Gasteiger partial charge in [-0.2, -0.15) is 9.30 Å². The number of fused-ring (bicyclic) bond motifs is 1. The third-order valence-corrected chi connectivity index (χ3v) is 7.74. The van der Waals surface area contributed by atoms with Crippen LogP contribution in [0.3, 0.4) is 0 Å². The normalized spacial score (nSPS) is 11.9. The van der Waals surface area contributed by atoms with E-state index in [2.05, 4.69) is 29.4 Å². The van der Waals surface area contributed by atoms with Gasteiger partial charge in [0.25, 0.3) is 5.91 Å². The molecule has 35 heavy (non-hydrogen) atoms. The first-order valence-electron chi connectivity index (χ1n) is 10.5. The molecule has 3 rings (SSSR count). The number of nitrogens with zero attached hydrogens (tertiary/aromatic N) is 3. The van der Waals surface area contributed by atoms with Crippen LogP contribution in [0.1, 0.15) is 17.3 Å². The van der Waals surface area contributed by atoms with E-state index in [1.165, 1.54) is 59.0 Å². The Kier molecular flexibility index (Phi) is 8.19. The number of terminal acetylenes is 1. The molecule has 0 saturated carbocycles. The topological polar surface area (TPSA) is 101 Å². The third-order valence-electron chi connectivity index (χ3n) is 4.85. The summed E-state index contributed by atoms with van der Waals surface area (Å²) in [4.78, 5) is 28.9. The quantitative estimate of drug-likeness (QED) is 0.354. The number of carbonyl (C=O) groups excluding carboxylic acids is 2. The number of anilines is 1. The van der Waals surface area contributed by atoms with Gasteiger partial charge in [0.2, 0.25) is 15.9 Å². The Morgan fingerprint density at radius 2 is 1.83 bits per heavy atom. The van der Waals surface area contributed by atoms with Gasteiger partial charge in [0.1, 0.15) is 0 Å². The second-order valence-electron chi connectivity index (χ2n) is 7.38. The zero-order valence-electron chi connectivity index (χ0n) is 19.1. The monoisotopic (exact) mass is 508 g/mol. The van der Waals surface area contributed by atoms with Crippen molar-refractivity contribution in [1.29, 1.82) is 0 Å². The SMILES string of the molecule is C#CCn1c(=NC(=O)c2ccc(S(=O)(=O)N(CC=C)CC=C)cc2)sc2cc(NC(C)=O)ccc21. The van der Waals surface area contributed by atoms with Gasteiger partial charge >= 0.3 is 0 Å². The lowest BCUT2D eigenvalue weighted by Gasteiger charge is -2.19. The predicted molar refractivity (Wildman–Crippen MR) is 138 cm³/mol. The van der Waals surface area contributed by atoms with Crippen molar-refractivity contribution < 1.29 is 18.0 Å². The van der Waals surface area contributed by atoms with Crippen molar-refractivity contribution in [3.8, 4) is 12.3 Å². The molecule has 2 aromatic carbocycles. The summed E-state index contributed by atoms with van der Waals surface area (Å²) in [5, 5.41) is 2.72. The second kappa shape index (κ2) is 11.1. The Balaban J connectivity index is 1.97. The molecule has 0 aliphatic heterocycles. The van der Waals surface area contributed by atoms with E-state index < -0.39 is 15.9 Å². The number of hydrogen-bond donors (Lipinski definition) is 1. The molecule has 0 atom stereocenters. The van der Waals surface area contributed by atoms with Crippen LogP contribution in [0.4, 0.5) is 5.69 Å². The van der Waals surface area contributed by atoms with Gasteiger partial charge in [-0.25, -0.2) is 8.42 Å². The minimum atomic E-state index is -3.78. The zero-order chi connectivity index (χ0) is 25.6. The molecule has 8 nitrogen and oxygen atoms in total. The summed E-state index contributed by atoms with van der Waals surface area (Å²) in [6.07, 6.45) is 8.51. The Hall–Kier alpha value is -3.78. The molecule has 0 fully saturated rings. The lowest BCUT2D eigenvalue weighted by atomic mass is 10.2. The van der Waals surface area contributed by atoms with Crippen molar-refractivity contribution in [3.63, 3.8) is 0 Å². The highest BCUT2D eigenvalue weighted by Gasteiger charge is 2.22. The number of aromatic nitrogens is 1. The molecule has 0 unspecified atom stereocenters. The van der Waals surface area contributed by atoms with Gasteiger partial charge in [-0.15, -0.1) is 19.6 Å². The lowest BCUT2D eigenvalue weighted by molar-refractivity contribution is -0.114. The summed E-state index contributed by atoms with van der Waals surface area (Å²) >= 11 is 1.26. The highest BCUT2D eigenvalue weighted by atomic mass is 32.2. The maximum atomic E-state index is 12.9. The maximum Gasteiger partial charge on any atom is 0.279 e. The van der Waals surface area contributed by atoms with Crippen molar-refractivity contribution in [3.05, 3.63) is 78.1 Å². The zero-order valence-corrected chi connectivity index (χ0v) is 20.7. The fourth-order valence-electron chi connectivity index (χ4n) is 3.31. The number of benzene rings is 2. The van der Waals surface area contributed by atoms with E-state index in [1.54, 1.807) is 22.8 Å². The number of carbonyl (C=O) groups is 2. The van der Waals surface area contributed by atoms with Crippen LogP contribution in [0.25, 0.3) is 10.2 Å². The molecule has 1 aromatic heterocycles. The average molecular weight is 509 g/mol. The summed E-state index contributed by atoms with van der Waals surface area (Å²) in [5.41, 5.74) is 1.63. The van der Waals surface area contributed by atoms with E-state index in [0.717, 1.165) is 10.2 Å². The molecule has 1 N–H and O–H groups in total. The van der Waals surface area contributed by atoms with E-state index >= 15 is 0 Å².